The lowest BCUT2D eigenvalue weighted by Crippen LogP contribution is -2.09. The smallest absolute Gasteiger partial charge is 0.0541 e. The van der Waals surface area contributed by atoms with Crippen LogP contribution in [0.1, 0.15) is 0 Å². The molecular formula is C48H32N2S. The summed E-state index contributed by atoms with van der Waals surface area (Å²) in [6, 6.07) is 70.3. The van der Waals surface area contributed by atoms with Crippen LogP contribution in [-0.2, 0) is 0 Å². The summed E-state index contributed by atoms with van der Waals surface area (Å²) in [5, 5.41) is 5.11. The summed E-state index contributed by atoms with van der Waals surface area (Å²) in [4.78, 5) is 2.36. The summed E-state index contributed by atoms with van der Waals surface area (Å²) in [5.41, 5.74) is 11.8. The molecule has 240 valence electrons. The van der Waals surface area contributed by atoms with E-state index in [0.29, 0.717) is 0 Å². The number of para-hydroxylation sites is 3. The topological polar surface area (TPSA) is 8.17 Å². The van der Waals surface area contributed by atoms with Gasteiger partial charge in [-0.1, -0.05) is 121 Å². The minimum Gasteiger partial charge on any atom is -0.310 e. The highest BCUT2D eigenvalue weighted by molar-refractivity contribution is 7.25. The molecule has 0 amide bonds. The number of nitrogens with zero attached hydrogens (tertiary/aromatic N) is 2. The van der Waals surface area contributed by atoms with Gasteiger partial charge in [-0.2, -0.15) is 0 Å². The van der Waals surface area contributed by atoms with Crippen molar-refractivity contribution in [3.63, 3.8) is 0 Å². The summed E-state index contributed by atoms with van der Waals surface area (Å²) in [6.45, 7) is 0. The van der Waals surface area contributed by atoms with E-state index in [1.807, 2.05) is 11.3 Å². The number of thiophene rings is 1. The van der Waals surface area contributed by atoms with Crippen LogP contribution in [0.15, 0.2) is 194 Å². The van der Waals surface area contributed by atoms with Gasteiger partial charge < -0.3 is 9.47 Å². The molecule has 0 unspecified atom stereocenters. The number of benzene rings is 8. The normalized spacial score (nSPS) is 11.5. The standard InChI is InChI=1S/C48H32N2S/c1-3-13-33(14-4-1)35-25-29-46-42(31-35)40-18-8-11-21-45(40)50(46)44-20-10-7-17-39(44)34-23-26-37(27-24-34)49(36-15-5-2-6-16-36)38-28-30-48-43(32-38)41-19-9-12-22-47(41)51-48/h1-32H. The molecule has 0 spiro atoms. The number of hydrogen-bond donors (Lipinski definition) is 0. The summed E-state index contributed by atoms with van der Waals surface area (Å²) in [5.74, 6) is 0. The van der Waals surface area contributed by atoms with E-state index in [4.69, 9.17) is 0 Å². The third kappa shape index (κ3) is 5.01. The molecule has 0 saturated carbocycles. The third-order valence-electron chi connectivity index (χ3n) is 9.99. The molecule has 2 nitrogen and oxygen atoms in total. The van der Waals surface area contributed by atoms with E-state index in [-0.39, 0.29) is 0 Å². The fraction of sp³-hybridized carbons (Fsp3) is 0. The molecule has 0 aliphatic carbocycles. The molecule has 10 rings (SSSR count). The van der Waals surface area contributed by atoms with Gasteiger partial charge in [-0.3, -0.25) is 0 Å². The van der Waals surface area contributed by atoms with E-state index in [0.717, 1.165) is 17.1 Å². The van der Waals surface area contributed by atoms with Crippen molar-refractivity contribution >= 4 is 70.4 Å². The predicted molar refractivity (Wildman–Crippen MR) is 219 cm³/mol. The lowest BCUT2D eigenvalue weighted by molar-refractivity contribution is 1.18. The van der Waals surface area contributed by atoms with Gasteiger partial charge in [0.05, 0.1) is 16.7 Å². The first-order chi connectivity index (χ1) is 25.3. The first-order valence-corrected chi connectivity index (χ1v) is 18.2. The van der Waals surface area contributed by atoms with Crippen molar-refractivity contribution in [2.24, 2.45) is 0 Å². The maximum absolute atomic E-state index is 2.43. The van der Waals surface area contributed by atoms with Gasteiger partial charge >= 0.3 is 0 Å². The lowest BCUT2D eigenvalue weighted by Gasteiger charge is -2.26. The van der Waals surface area contributed by atoms with Crippen LogP contribution in [0.4, 0.5) is 17.1 Å². The quantitative estimate of drug-likeness (QED) is 0.171. The molecule has 51 heavy (non-hydrogen) atoms. The Morgan fingerprint density at radius 1 is 0.353 bits per heavy atom. The second-order valence-corrected chi connectivity index (χ2v) is 14.0. The van der Waals surface area contributed by atoms with E-state index >= 15 is 0 Å². The van der Waals surface area contributed by atoms with Crippen LogP contribution in [0.2, 0.25) is 0 Å². The lowest BCUT2D eigenvalue weighted by atomic mass is 10.0. The van der Waals surface area contributed by atoms with Gasteiger partial charge in [0, 0.05) is 53.6 Å². The fourth-order valence-electron chi connectivity index (χ4n) is 7.62. The Balaban J connectivity index is 1.09. The van der Waals surface area contributed by atoms with Crippen molar-refractivity contribution in [3.05, 3.63) is 194 Å². The minimum absolute atomic E-state index is 1.12. The van der Waals surface area contributed by atoms with Crippen molar-refractivity contribution in [1.29, 1.82) is 0 Å². The van der Waals surface area contributed by atoms with Crippen LogP contribution in [0, 0.1) is 0 Å². The molecule has 0 aliphatic heterocycles. The van der Waals surface area contributed by atoms with Crippen molar-refractivity contribution in [3.8, 4) is 27.9 Å². The molecule has 3 heteroatoms. The molecule has 0 N–H and O–H groups in total. The monoisotopic (exact) mass is 668 g/mol. The maximum atomic E-state index is 2.43. The zero-order valence-corrected chi connectivity index (χ0v) is 28.6. The van der Waals surface area contributed by atoms with Gasteiger partial charge in [0.25, 0.3) is 0 Å². The minimum atomic E-state index is 1.12. The van der Waals surface area contributed by atoms with Crippen molar-refractivity contribution in [2.75, 3.05) is 4.90 Å². The average molecular weight is 669 g/mol. The van der Waals surface area contributed by atoms with E-state index in [1.165, 1.54) is 69.9 Å². The molecule has 0 bridgehead atoms. The van der Waals surface area contributed by atoms with Gasteiger partial charge in [0.15, 0.2) is 0 Å². The Morgan fingerprint density at radius 3 is 1.80 bits per heavy atom. The predicted octanol–water partition coefficient (Wildman–Crippen LogP) is 14.0. The zero-order valence-electron chi connectivity index (χ0n) is 27.8. The summed E-state index contributed by atoms with van der Waals surface area (Å²) >= 11 is 1.85. The molecule has 0 saturated heterocycles. The Kier molecular flexibility index (Phi) is 7.04. The number of hydrogen-bond acceptors (Lipinski definition) is 2. The molecule has 8 aromatic carbocycles. The van der Waals surface area contributed by atoms with Crippen molar-refractivity contribution in [1.82, 2.24) is 4.57 Å². The highest BCUT2D eigenvalue weighted by atomic mass is 32.1. The molecule has 0 radical (unpaired) electrons. The second-order valence-electron chi connectivity index (χ2n) is 13.0. The van der Waals surface area contributed by atoms with Crippen LogP contribution < -0.4 is 4.90 Å². The van der Waals surface area contributed by atoms with Crippen LogP contribution in [0.5, 0.6) is 0 Å². The molecule has 0 aliphatic rings. The largest absolute Gasteiger partial charge is 0.310 e. The summed E-state index contributed by atoms with van der Waals surface area (Å²) < 4.78 is 5.05. The van der Waals surface area contributed by atoms with Gasteiger partial charge in [-0.25, -0.2) is 0 Å². The Morgan fingerprint density at radius 2 is 0.961 bits per heavy atom. The van der Waals surface area contributed by atoms with Gasteiger partial charge in [-0.05, 0) is 89.5 Å². The second kappa shape index (κ2) is 12.2. The molecule has 2 heterocycles. The highest BCUT2D eigenvalue weighted by Gasteiger charge is 2.18. The summed E-state index contributed by atoms with van der Waals surface area (Å²) in [6.07, 6.45) is 0. The molecule has 0 fully saturated rings. The Bertz CT molecular complexity index is 2850. The van der Waals surface area contributed by atoms with E-state index in [2.05, 4.69) is 204 Å². The SMILES string of the molecule is c1ccc(-c2ccc3c(c2)c2ccccc2n3-c2ccccc2-c2ccc(N(c3ccccc3)c3ccc4sc5ccccc5c4c3)cc2)cc1. The van der Waals surface area contributed by atoms with Crippen LogP contribution in [0.3, 0.4) is 0 Å². The van der Waals surface area contributed by atoms with Gasteiger partial charge in [0.1, 0.15) is 0 Å². The number of rotatable bonds is 6. The third-order valence-corrected chi connectivity index (χ3v) is 11.1. The molecule has 10 aromatic rings. The molecule has 0 atom stereocenters. The Hall–Kier alpha value is -6.42. The molecule has 2 aromatic heterocycles. The first kappa shape index (κ1) is 29.5. The Labute approximate surface area is 300 Å². The van der Waals surface area contributed by atoms with Crippen LogP contribution in [-0.4, -0.2) is 4.57 Å². The van der Waals surface area contributed by atoms with Crippen LogP contribution in [0.25, 0.3) is 69.9 Å². The average Bonchev–Trinajstić information content (AvgIpc) is 3.74. The van der Waals surface area contributed by atoms with Crippen molar-refractivity contribution in [2.45, 2.75) is 0 Å². The number of aromatic nitrogens is 1. The fourth-order valence-corrected chi connectivity index (χ4v) is 8.71. The van der Waals surface area contributed by atoms with Crippen LogP contribution >= 0.6 is 11.3 Å². The number of anilines is 3. The first-order valence-electron chi connectivity index (χ1n) is 17.4. The zero-order chi connectivity index (χ0) is 33.7. The van der Waals surface area contributed by atoms with Gasteiger partial charge in [-0.15, -0.1) is 11.3 Å². The van der Waals surface area contributed by atoms with E-state index in [1.54, 1.807) is 0 Å². The number of fused-ring (bicyclic) bond motifs is 6. The van der Waals surface area contributed by atoms with Crippen molar-refractivity contribution < 1.29 is 0 Å². The van der Waals surface area contributed by atoms with E-state index < -0.39 is 0 Å². The van der Waals surface area contributed by atoms with Gasteiger partial charge in [0.2, 0.25) is 0 Å². The summed E-state index contributed by atoms with van der Waals surface area (Å²) in [7, 11) is 0. The molecular weight excluding hydrogens is 637 g/mol. The maximum Gasteiger partial charge on any atom is 0.0541 e. The van der Waals surface area contributed by atoms with E-state index in [9.17, 15) is 0 Å². The highest BCUT2D eigenvalue weighted by Crippen LogP contribution is 2.42.